The predicted octanol–water partition coefficient (Wildman–Crippen LogP) is -0.0258. The molecule has 12 heavy (non-hydrogen) atoms. The van der Waals surface area contributed by atoms with E-state index in [-0.39, 0.29) is 6.54 Å². The maximum atomic E-state index is 10.2. The lowest BCUT2D eigenvalue weighted by Crippen LogP contribution is -2.14. The Balaban J connectivity index is 2.70. The maximum absolute atomic E-state index is 10.2. The Morgan fingerprint density at radius 3 is 3.00 bits per heavy atom. The van der Waals surface area contributed by atoms with Crippen molar-refractivity contribution in [2.24, 2.45) is 7.05 Å². The van der Waals surface area contributed by atoms with Crippen LogP contribution in [0.25, 0.3) is 0 Å². The van der Waals surface area contributed by atoms with E-state index in [2.05, 4.69) is 15.5 Å². The topological polar surface area (TPSA) is 82.9 Å². The lowest BCUT2D eigenvalue weighted by molar-refractivity contribution is -0.134. The monoisotopic (exact) mass is 188 g/mol. The molecule has 0 aliphatic heterocycles. The molecule has 1 aromatic rings. The molecule has 7 heteroatoms. The van der Waals surface area contributed by atoms with Crippen molar-refractivity contribution in [1.82, 2.24) is 14.8 Å². The number of nitrogens with zero attached hydrogens (tertiary/aromatic N) is 2. The molecule has 0 unspecified atom stereocenters. The highest BCUT2D eigenvalue weighted by atomic mass is 32.1. The number of rotatable bonds is 3. The molecule has 1 heterocycles. The second-order valence-electron chi connectivity index (χ2n) is 2.16. The molecule has 0 atom stereocenters. The van der Waals surface area contributed by atoms with Crippen LogP contribution in [0.5, 0.6) is 0 Å². The number of nitrogens with one attached hydrogen (secondary N) is 2. The van der Waals surface area contributed by atoms with Crippen LogP contribution in [0.15, 0.2) is 0 Å². The molecular formula is C5H8N4O2S. The molecule has 0 spiro atoms. The number of carboxylic acids is 1. The van der Waals surface area contributed by atoms with Crippen LogP contribution in [0.1, 0.15) is 0 Å². The van der Waals surface area contributed by atoms with E-state index in [9.17, 15) is 4.79 Å². The SMILES string of the molecule is Cn1c(NCC(=O)O)n[nH]c1=S. The third kappa shape index (κ3) is 1.82. The van der Waals surface area contributed by atoms with E-state index in [0.29, 0.717) is 10.7 Å². The fourth-order valence-electron chi connectivity index (χ4n) is 0.660. The van der Waals surface area contributed by atoms with Crippen LogP contribution in [0.2, 0.25) is 0 Å². The molecule has 0 aliphatic rings. The van der Waals surface area contributed by atoms with Gasteiger partial charge in [-0.2, -0.15) is 0 Å². The van der Waals surface area contributed by atoms with E-state index in [4.69, 9.17) is 17.3 Å². The summed E-state index contributed by atoms with van der Waals surface area (Å²) < 4.78 is 2.00. The van der Waals surface area contributed by atoms with Gasteiger partial charge >= 0.3 is 5.97 Å². The number of carboxylic acid groups (broad SMARTS) is 1. The van der Waals surface area contributed by atoms with Gasteiger partial charge in [0.25, 0.3) is 0 Å². The summed E-state index contributed by atoms with van der Waals surface area (Å²) >= 11 is 4.81. The van der Waals surface area contributed by atoms with Crippen molar-refractivity contribution in [3.63, 3.8) is 0 Å². The first kappa shape index (κ1) is 8.72. The molecule has 1 rings (SSSR count). The van der Waals surface area contributed by atoms with Crippen LogP contribution in [0.4, 0.5) is 5.95 Å². The van der Waals surface area contributed by atoms with Crippen molar-refractivity contribution in [3.05, 3.63) is 4.77 Å². The summed E-state index contributed by atoms with van der Waals surface area (Å²) in [4.78, 5) is 10.2. The molecule has 0 aliphatic carbocycles. The minimum atomic E-state index is -0.941. The number of hydrogen-bond acceptors (Lipinski definition) is 4. The van der Waals surface area contributed by atoms with Crippen molar-refractivity contribution in [2.75, 3.05) is 11.9 Å². The first-order chi connectivity index (χ1) is 5.61. The van der Waals surface area contributed by atoms with Crippen molar-refractivity contribution in [3.8, 4) is 0 Å². The molecular weight excluding hydrogens is 180 g/mol. The van der Waals surface area contributed by atoms with Gasteiger partial charge in [0.05, 0.1) is 0 Å². The summed E-state index contributed by atoms with van der Waals surface area (Å²) in [6.45, 7) is -0.173. The van der Waals surface area contributed by atoms with E-state index < -0.39 is 5.97 Å². The molecule has 0 radical (unpaired) electrons. The first-order valence-electron chi connectivity index (χ1n) is 3.18. The molecule has 3 N–H and O–H groups in total. The molecule has 6 nitrogen and oxygen atoms in total. The Bertz CT molecular complexity index is 341. The first-order valence-corrected chi connectivity index (χ1v) is 3.59. The van der Waals surface area contributed by atoms with Crippen LogP contribution in [0.3, 0.4) is 0 Å². The van der Waals surface area contributed by atoms with Gasteiger partial charge in [0, 0.05) is 7.05 Å². The summed E-state index contributed by atoms with van der Waals surface area (Å²) in [5.74, 6) is -0.522. The lowest BCUT2D eigenvalue weighted by atomic mass is 10.6. The molecule has 0 saturated heterocycles. The maximum Gasteiger partial charge on any atom is 0.322 e. The fourth-order valence-corrected chi connectivity index (χ4v) is 0.792. The Kier molecular flexibility index (Phi) is 2.44. The van der Waals surface area contributed by atoms with Gasteiger partial charge < -0.3 is 10.4 Å². The van der Waals surface area contributed by atoms with Crippen LogP contribution in [-0.4, -0.2) is 32.4 Å². The van der Waals surface area contributed by atoms with Gasteiger partial charge in [-0.05, 0) is 12.2 Å². The highest BCUT2D eigenvalue weighted by Crippen LogP contribution is 1.98. The van der Waals surface area contributed by atoms with Gasteiger partial charge in [-0.25, -0.2) is 5.10 Å². The fraction of sp³-hybridized carbons (Fsp3) is 0.400. The molecule has 0 fully saturated rings. The average molecular weight is 188 g/mol. The van der Waals surface area contributed by atoms with Crippen molar-refractivity contribution in [2.45, 2.75) is 0 Å². The van der Waals surface area contributed by atoms with E-state index in [1.54, 1.807) is 11.6 Å². The molecule has 0 saturated carbocycles. The van der Waals surface area contributed by atoms with Crippen LogP contribution < -0.4 is 5.32 Å². The summed E-state index contributed by atoms with van der Waals surface area (Å²) in [6.07, 6.45) is 0. The number of carbonyl (C=O) groups is 1. The summed E-state index contributed by atoms with van der Waals surface area (Å²) in [6, 6.07) is 0. The zero-order valence-corrected chi connectivity index (χ0v) is 7.18. The standard InChI is InChI=1S/C5H8N4O2S/c1-9-4(6-2-3(10)11)7-8-5(9)12/h2H2,1H3,(H,6,7)(H,8,12)(H,10,11). The average Bonchev–Trinajstić information content (AvgIpc) is 2.30. The zero-order chi connectivity index (χ0) is 9.14. The number of H-pyrrole nitrogens is 1. The van der Waals surface area contributed by atoms with E-state index in [0.717, 1.165) is 0 Å². The van der Waals surface area contributed by atoms with Crippen LogP contribution >= 0.6 is 12.2 Å². The summed E-state index contributed by atoms with van der Waals surface area (Å²) in [7, 11) is 1.69. The number of hydrogen-bond donors (Lipinski definition) is 3. The molecule has 66 valence electrons. The second kappa shape index (κ2) is 3.35. The minimum Gasteiger partial charge on any atom is -0.480 e. The zero-order valence-electron chi connectivity index (χ0n) is 6.37. The number of anilines is 1. The van der Waals surface area contributed by atoms with Gasteiger partial charge in [-0.1, -0.05) is 0 Å². The lowest BCUT2D eigenvalue weighted by Gasteiger charge is -1.99. The highest BCUT2D eigenvalue weighted by molar-refractivity contribution is 7.71. The third-order valence-corrected chi connectivity index (χ3v) is 1.64. The molecule has 0 aromatic carbocycles. The smallest absolute Gasteiger partial charge is 0.322 e. The predicted molar refractivity (Wildman–Crippen MR) is 44.5 cm³/mol. The Labute approximate surface area is 73.2 Å². The van der Waals surface area contributed by atoms with Crippen molar-refractivity contribution >= 4 is 24.1 Å². The van der Waals surface area contributed by atoms with Gasteiger partial charge in [0.1, 0.15) is 6.54 Å². The van der Waals surface area contributed by atoms with E-state index in [1.807, 2.05) is 0 Å². The summed E-state index contributed by atoms with van der Waals surface area (Å²) in [5, 5.41) is 17.2. The van der Waals surface area contributed by atoms with Gasteiger partial charge in [0.15, 0.2) is 4.77 Å². The van der Waals surface area contributed by atoms with Crippen LogP contribution in [0, 0.1) is 4.77 Å². The molecule has 0 amide bonds. The number of aromatic amines is 1. The Hall–Kier alpha value is -1.37. The highest BCUT2D eigenvalue weighted by Gasteiger charge is 2.02. The van der Waals surface area contributed by atoms with Gasteiger partial charge in [0.2, 0.25) is 5.95 Å². The normalized spacial score (nSPS) is 9.75. The summed E-state index contributed by atoms with van der Waals surface area (Å²) in [5.41, 5.74) is 0. The Morgan fingerprint density at radius 1 is 1.92 bits per heavy atom. The van der Waals surface area contributed by atoms with Gasteiger partial charge in [-0.3, -0.25) is 9.36 Å². The van der Waals surface area contributed by atoms with E-state index >= 15 is 0 Å². The second-order valence-corrected chi connectivity index (χ2v) is 2.55. The quantitative estimate of drug-likeness (QED) is 0.580. The Morgan fingerprint density at radius 2 is 2.58 bits per heavy atom. The molecule has 0 bridgehead atoms. The van der Waals surface area contributed by atoms with E-state index in [1.165, 1.54) is 0 Å². The van der Waals surface area contributed by atoms with Crippen LogP contribution in [-0.2, 0) is 11.8 Å². The van der Waals surface area contributed by atoms with Gasteiger partial charge in [-0.15, -0.1) is 5.10 Å². The third-order valence-electron chi connectivity index (χ3n) is 1.28. The van der Waals surface area contributed by atoms with Crippen molar-refractivity contribution in [1.29, 1.82) is 0 Å². The van der Waals surface area contributed by atoms with Crippen molar-refractivity contribution < 1.29 is 9.90 Å². The number of aliphatic carboxylic acids is 1. The minimum absolute atomic E-state index is 0.173. The number of aromatic nitrogens is 3. The molecule has 1 aromatic heterocycles. The largest absolute Gasteiger partial charge is 0.480 e.